The number of amides is 1. The van der Waals surface area contributed by atoms with Gasteiger partial charge < -0.3 is 10.1 Å². The third-order valence-corrected chi connectivity index (χ3v) is 9.92. The van der Waals surface area contributed by atoms with Crippen LogP contribution in [0.25, 0.3) is 0 Å². The number of carbonyl (C=O) groups excluding carboxylic acids is 2. The van der Waals surface area contributed by atoms with Gasteiger partial charge in [0.25, 0.3) is 0 Å². The molecule has 208 valence electrons. The predicted octanol–water partition coefficient (Wildman–Crippen LogP) is 7.24. The molecule has 6 nitrogen and oxygen atoms in total. The first-order valence-electron chi connectivity index (χ1n) is 14.3. The SMILES string of the molecule is CCOC(=O)c1c(NC(=O)CCSc2nc3c(cc2C#N)CC(c2ccccc2)CC3)sc2c1CCCCCC2. The molecule has 0 saturated carbocycles. The van der Waals surface area contributed by atoms with Crippen LogP contribution in [0.2, 0.25) is 0 Å². The number of anilines is 1. The van der Waals surface area contributed by atoms with E-state index in [-0.39, 0.29) is 18.3 Å². The highest BCUT2D eigenvalue weighted by atomic mass is 32.2. The quantitative estimate of drug-likeness (QED) is 0.226. The summed E-state index contributed by atoms with van der Waals surface area (Å²) in [6, 6.07) is 14.8. The summed E-state index contributed by atoms with van der Waals surface area (Å²) in [4.78, 5) is 31.9. The standard InChI is InChI=1S/C32H35N3O3S2/c1-2-38-32(37)29-25-12-8-3-4-9-13-27(25)40-31(29)35-28(36)16-17-39-30-24(20-33)19-23-18-22(14-15-26(23)34-30)21-10-6-5-7-11-21/h5-7,10-11,19,22H,2-4,8-9,12-18H2,1H3,(H,35,36). The summed E-state index contributed by atoms with van der Waals surface area (Å²) >= 11 is 2.97. The second kappa shape index (κ2) is 13.5. The Morgan fingerprint density at radius 2 is 1.95 bits per heavy atom. The fraction of sp³-hybridized carbons (Fsp3) is 0.438. The molecule has 0 radical (unpaired) electrons. The largest absolute Gasteiger partial charge is 0.462 e. The maximum Gasteiger partial charge on any atom is 0.341 e. The molecule has 1 aromatic carbocycles. The van der Waals surface area contributed by atoms with Gasteiger partial charge in [0.05, 0.1) is 17.7 Å². The Balaban J connectivity index is 1.24. The Labute approximate surface area is 244 Å². The molecule has 1 amide bonds. The lowest BCUT2D eigenvalue weighted by Gasteiger charge is -2.25. The lowest BCUT2D eigenvalue weighted by atomic mass is 9.82. The molecule has 2 aliphatic rings. The minimum atomic E-state index is -0.350. The highest BCUT2D eigenvalue weighted by Crippen LogP contribution is 2.38. The molecule has 2 aliphatic carbocycles. The molecule has 1 N–H and O–H groups in total. The maximum atomic E-state index is 13.0. The van der Waals surface area contributed by atoms with Gasteiger partial charge in [-0.05, 0) is 80.5 Å². The average molecular weight is 574 g/mol. The number of carbonyl (C=O) groups is 2. The number of hydrogen-bond donors (Lipinski definition) is 1. The monoisotopic (exact) mass is 573 g/mol. The molecular formula is C32H35N3O3S2. The Morgan fingerprint density at radius 1 is 1.15 bits per heavy atom. The number of aromatic nitrogens is 1. The van der Waals surface area contributed by atoms with E-state index in [9.17, 15) is 14.9 Å². The summed E-state index contributed by atoms with van der Waals surface area (Å²) in [6.07, 6.45) is 9.35. The van der Waals surface area contributed by atoms with Crippen molar-refractivity contribution in [3.63, 3.8) is 0 Å². The Morgan fingerprint density at radius 3 is 2.73 bits per heavy atom. The number of nitrogens with zero attached hydrogens (tertiary/aromatic N) is 2. The molecule has 2 heterocycles. The number of pyridine rings is 1. The van der Waals surface area contributed by atoms with E-state index < -0.39 is 0 Å². The first-order chi connectivity index (χ1) is 19.6. The van der Waals surface area contributed by atoms with Crippen molar-refractivity contribution < 1.29 is 14.3 Å². The van der Waals surface area contributed by atoms with Crippen molar-refractivity contribution in [3.05, 3.63) is 74.8 Å². The van der Waals surface area contributed by atoms with Crippen LogP contribution in [0.3, 0.4) is 0 Å². The molecule has 40 heavy (non-hydrogen) atoms. The van der Waals surface area contributed by atoms with Crippen molar-refractivity contribution in [1.29, 1.82) is 5.26 Å². The van der Waals surface area contributed by atoms with E-state index in [1.165, 1.54) is 40.0 Å². The van der Waals surface area contributed by atoms with Crippen LogP contribution in [0.15, 0.2) is 41.4 Å². The van der Waals surface area contributed by atoms with Gasteiger partial charge in [-0.25, -0.2) is 9.78 Å². The highest BCUT2D eigenvalue weighted by molar-refractivity contribution is 7.99. The molecule has 0 aliphatic heterocycles. The number of benzene rings is 1. The van der Waals surface area contributed by atoms with Crippen LogP contribution in [-0.2, 0) is 35.2 Å². The van der Waals surface area contributed by atoms with E-state index in [1.54, 1.807) is 6.92 Å². The lowest BCUT2D eigenvalue weighted by Crippen LogP contribution is -2.16. The van der Waals surface area contributed by atoms with Crippen molar-refractivity contribution in [3.8, 4) is 6.07 Å². The van der Waals surface area contributed by atoms with Gasteiger partial charge in [-0.1, -0.05) is 43.2 Å². The van der Waals surface area contributed by atoms with Gasteiger partial charge in [0.2, 0.25) is 5.91 Å². The first kappa shape index (κ1) is 28.4. The topological polar surface area (TPSA) is 92.1 Å². The maximum absolute atomic E-state index is 13.0. The highest BCUT2D eigenvalue weighted by Gasteiger charge is 2.27. The van der Waals surface area contributed by atoms with Crippen molar-refractivity contribution in [2.45, 2.75) is 82.1 Å². The summed E-state index contributed by atoms with van der Waals surface area (Å²) in [5.41, 5.74) is 5.72. The number of nitriles is 1. The average Bonchev–Trinajstić information content (AvgIpc) is 3.28. The minimum Gasteiger partial charge on any atom is -0.462 e. The number of esters is 1. The van der Waals surface area contributed by atoms with E-state index in [0.717, 1.165) is 68.2 Å². The fourth-order valence-corrected chi connectivity index (χ4v) is 7.91. The predicted molar refractivity (Wildman–Crippen MR) is 160 cm³/mol. The van der Waals surface area contributed by atoms with Crippen molar-refractivity contribution in [1.82, 2.24) is 4.98 Å². The summed E-state index contributed by atoms with van der Waals surface area (Å²) in [5.74, 6) is 0.449. The van der Waals surface area contributed by atoms with Crippen molar-refractivity contribution >= 4 is 40.0 Å². The van der Waals surface area contributed by atoms with Gasteiger partial charge in [0.1, 0.15) is 16.1 Å². The summed E-state index contributed by atoms with van der Waals surface area (Å²) < 4.78 is 5.36. The molecule has 8 heteroatoms. The van der Waals surface area contributed by atoms with Crippen LogP contribution in [0.1, 0.15) is 94.5 Å². The summed E-state index contributed by atoms with van der Waals surface area (Å²) in [5, 5.41) is 14.1. The molecule has 0 fully saturated rings. The molecule has 0 bridgehead atoms. The Bertz CT molecular complexity index is 1410. The van der Waals surface area contributed by atoms with Crippen molar-refractivity contribution in [2.24, 2.45) is 0 Å². The van der Waals surface area contributed by atoms with Gasteiger partial charge in [-0.15, -0.1) is 23.1 Å². The van der Waals surface area contributed by atoms with Crippen LogP contribution < -0.4 is 5.32 Å². The third kappa shape index (κ3) is 6.59. The van der Waals surface area contributed by atoms with Gasteiger partial charge in [-0.3, -0.25) is 4.79 Å². The second-order valence-electron chi connectivity index (χ2n) is 10.4. The van der Waals surface area contributed by atoms with E-state index in [2.05, 4.69) is 35.7 Å². The number of fused-ring (bicyclic) bond motifs is 2. The molecule has 3 aromatic rings. The lowest BCUT2D eigenvalue weighted by molar-refractivity contribution is -0.115. The number of thioether (sulfide) groups is 1. The zero-order chi connectivity index (χ0) is 27.9. The van der Waals surface area contributed by atoms with Gasteiger partial charge in [0.15, 0.2) is 0 Å². The molecule has 0 spiro atoms. The fourth-order valence-electron chi connectivity index (χ4n) is 5.70. The number of rotatable bonds is 8. The first-order valence-corrected chi connectivity index (χ1v) is 16.1. The number of ether oxygens (including phenoxy) is 1. The molecule has 1 atom stereocenters. The van der Waals surface area contributed by atoms with E-state index >= 15 is 0 Å². The Hall–Kier alpha value is -3.15. The number of aryl methyl sites for hydroxylation is 2. The van der Waals surface area contributed by atoms with E-state index in [0.29, 0.717) is 39.4 Å². The number of hydrogen-bond acceptors (Lipinski definition) is 7. The number of nitrogens with one attached hydrogen (secondary N) is 1. The zero-order valence-corrected chi connectivity index (χ0v) is 24.6. The minimum absolute atomic E-state index is 0.144. The van der Waals surface area contributed by atoms with E-state index in [1.807, 2.05) is 12.1 Å². The summed E-state index contributed by atoms with van der Waals surface area (Å²) in [7, 11) is 0. The van der Waals surface area contributed by atoms with Crippen LogP contribution in [0.4, 0.5) is 5.00 Å². The molecule has 5 rings (SSSR count). The molecular weight excluding hydrogens is 539 g/mol. The summed E-state index contributed by atoms with van der Waals surface area (Å²) in [6.45, 7) is 2.10. The zero-order valence-electron chi connectivity index (χ0n) is 23.0. The molecule has 1 unspecified atom stereocenters. The van der Waals surface area contributed by atoms with Gasteiger partial charge in [-0.2, -0.15) is 5.26 Å². The van der Waals surface area contributed by atoms with Crippen LogP contribution in [-0.4, -0.2) is 29.2 Å². The van der Waals surface area contributed by atoms with Gasteiger partial charge >= 0.3 is 5.97 Å². The molecule has 2 aromatic heterocycles. The van der Waals surface area contributed by atoms with E-state index in [4.69, 9.17) is 9.72 Å². The van der Waals surface area contributed by atoms with Gasteiger partial charge in [0, 0.05) is 22.7 Å². The number of thiophene rings is 1. The van der Waals surface area contributed by atoms with Crippen LogP contribution >= 0.6 is 23.1 Å². The normalized spacial score (nSPS) is 16.6. The smallest absolute Gasteiger partial charge is 0.341 e. The van der Waals surface area contributed by atoms with Crippen LogP contribution in [0, 0.1) is 11.3 Å². The second-order valence-corrected chi connectivity index (χ2v) is 12.6. The molecule has 0 saturated heterocycles. The third-order valence-electron chi connectivity index (χ3n) is 7.72. The van der Waals surface area contributed by atoms with Crippen LogP contribution in [0.5, 0.6) is 0 Å². The Kier molecular flexibility index (Phi) is 9.56. The van der Waals surface area contributed by atoms with Crippen molar-refractivity contribution in [2.75, 3.05) is 17.7 Å².